The standard InChI is InChI=1S/C19H20BrNO4S/c1-19(13-4-6-14(20)7-5-13)9-17(23)21(18(19)24)10-15(22)11-25-12-16-3-2-8-26-16/h2-8,15,22H,9-12H2,1H3. The maximum absolute atomic E-state index is 12.9. The molecule has 0 radical (unpaired) electrons. The summed E-state index contributed by atoms with van der Waals surface area (Å²) in [5.74, 6) is -0.542. The number of carbonyl (C=O) groups is 2. The first kappa shape index (κ1) is 19.2. The summed E-state index contributed by atoms with van der Waals surface area (Å²) >= 11 is 4.95. The van der Waals surface area contributed by atoms with Crippen molar-refractivity contribution in [3.05, 3.63) is 56.7 Å². The largest absolute Gasteiger partial charge is 0.389 e. The quantitative estimate of drug-likeness (QED) is 0.675. The predicted octanol–water partition coefficient (Wildman–Crippen LogP) is 3.10. The van der Waals surface area contributed by atoms with Gasteiger partial charge in [0.2, 0.25) is 11.8 Å². The van der Waals surface area contributed by atoms with Crippen molar-refractivity contribution >= 4 is 39.1 Å². The number of benzene rings is 1. The summed E-state index contributed by atoms with van der Waals surface area (Å²) < 4.78 is 6.39. The summed E-state index contributed by atoms with van der Waals surface area (Å²) in [6.07, 6.45) is -0.800. The van der Waals surface area contributed by atoms with Gasteiger partial charge >= 0.3 is 0 Å². The van der Waals surface area contributed by atoms with E-state index in [4.69, 9.17) is 4.74 Å². The van der Waals surface area contributed by atoms with Crippen LogP contribution in [0.4, 0.5) is 0 Å². The molecular formula is C19H20BrNO4S. The third-order valence-corrected chi connectivity index (χ3v) is 5.91. The Morgan fingerprint density at radius 2 is 2.04 bits per heavy atom. The molecule has 1 N–H and O–H groups in total. The van der Waals surface area contributed by atoms with Crippen LogP contribution in [-0.2, 0) is 26.3 Å². The van der Waals surface area contributed by atoms with Crippen molar-refractivity contribution in [2.24, 2.45) is 0 Å². The second-order valence-electron chi connectivity index (χ2n) is 6.57. The summed E-state index contributed by atoms with van der Waals surface area (Å²) in [6.45, 7) is 2.21. The van der Waals surface area contributed by atoms with Crippen molar-refractivity contribution in [1.82, 2.24) is 4.90 Å². The van der Waals surface area contributed by atoms with Crippen LogP contribution in [0.5, 0.6) is 0 Å². The Kier molecular flexibility index (Phi) is 5.92. The zero-order valence-electron chi connectivity index (χ0n) is 14.4. The molecule has 1 fully saturated rings. The molecule has 26 heavy (non-hydrogen) atoms. The van der Waals surface area contributed by atoms with Crippen LogP contribution in [0.25, 0.3) is 0 Å². The van der Waals surface area contributed by atoms with E-state index in [0.29, 0.717) is 6.61 Å². The molecule has 2 aromatic rings. The molecule has 2 amide bonds. The molecule has 2 heterocycles. The molecule has 0 aliphatic carbocycles. The highest BCUT2D eigenvalue weighted by Gasteiger charge is 2.49. The first-order valence-corrected chi connectivity index (χ1v) is 9.96. The number of nitrogens with zero attached hydrogens (tertiary/aromatic N) is 1. The highest BCUT2D eigenvalue weighted by atomic mass is 79.9. The Labute approximate surface area is 164 Å². The van der Waals surface area contributed by atoms with Gasteiger partial charge in [-0.15, -0.1) is 11.3 Å². The molecule has 1 aromatic heterocycles. The van der Waals surface area contributed by atoms with E-state index in [-0.39, 0.29) is 31.4 Å². The lowest BCUT2D eigenvalue weighted by Gasteiger charge is -2.24. The first-order valence-electron chi connectivity index (χ1n) is 8.29. The fraction of sp³-hybridized carbons (Fsp3) is 0.368. The average molecular weight is 438 g/mol. The SMILES string of the molecule is CC1(c2ccc(Br)cc2)CC(=O)N(CC(O)COCc2cccs2)C1=O. The van der Waals surface area contributed by atoms with Crippen molar-refractivity contribution in [2.75, 3.05) is 13.2 Å². The number of imide groups is 1. The highest BCUT2D eigenvalue weighted by Crippen LogP contribution is 2.36. The van der Waals surface area contributed by atoms with Gasteiger partial charge in [-0.05, 0) is 36.1 Å². The Balaban J connectivity index is 1.60. The Morgan fingerprint density at radius 1 is 1.31 bits per heavy atom. The van der Waals surface area contributed by atoms with Gasteiger partial charge in [-0.2, -0.15) is 0 Å². The molecule has 7 heteroatoms. The molecule has 138 valence electrons. The molecule has 5 nitrogen and oxygen atoms in total. The summed E-state index contributed by atoms with van der Waals surface area (Å²) in [4.78, 5) is 27.5. The predicted molar refractivity (Wildman–Crippen MR) is 103 cm³/mol. The van der Waals surface area contributed by atoms with E-state index in [0.717, 1.165) is 19.8 Å². The van der Waals surface area contributed by atoms with E-state index in [1.54, 1.807) is 18.3 Å². The van der Waals surface area contributed by atoms with Crippen LogP contribution in [0.2, 0.25) is 0 Å². The second kappa shape index (κ2) is 8.00. The van der Waals surface area contributed by atoms with Gasteiger partial charge in [-0.3, -0.25) is 14.5 Å². The number of aliphatic hydroxyl groups is 1. The minimum absolute atomic E-state index is 0.0474. The van der Waals surface area contributed by atoms with Gasteiger partial charge < -0.3 is 9.84 Å². The van der Waals surface area contributed by atoms with Gasteiger partial charge in [0, 0.05) is 15.8 Å². The second-order valence-corrected chi connectivity index (χ2v) is 8.52. The summed E-state index contributed by atoms with van der Waals surface area (Å²) in [6, 6.07) is 11.3. The smallest absolute Gasteiger partial charge is 0.240 e. The van der Waals surface area contributed by atoms with Crippen molar-refractivity contribution in [3.8, 4) is 0 Å². The van der Waals surface area contributed by atoms with E-state index >= 15 is 0 Å². The molecule has 2 atom stereocenters. The average Bonchev–Trinajstić information content (AvgIpc) is 3.19. The molecule has 1 aromatic carbocycles. The Hall–Kier alpha value is -1.54. The van der Waals surface area contributed by atoms with E-state index in [2.05, 4.69) is 15.9 Å². The van der Waals surface area contributed by atoms with Gasteiger partial charge in [0.1, 0.15) is 0 Å². The number of ether oxygens (including phenoxy) is 1. The molecular weight excluding hydrogens is 418 g/mol. The van der Waals surface area contributed by atoms with Gasteiger partial charge in [-0.25, -0.2) is 0 Å². The normalized spacial score (nSPS) is 21.4. The number of rotatable bonds is 7. The molecule has 2 unspecified atom stereocenters. The third kappa shape index (κ3) is 4.06. The number of amides is 2. The van der Waals surface area contributed by atoms with E-state index in [1.807, 2.05) is 41.8 Å². The first-order chi connectivity index (χ1) is 12.4. The summed E-state index contributed by atoms with van der Waals surface area (Å²) in [7, 11) is 0. The maximum Gasteiger partial charge on any atom is 0.240 e. The molecule has 0 spiro atoms. The van der Waals surface area contributed by atoms with Gasteiger partial charge in [0.05, 0.1) is 31.3 Å². The van der Waals surface area contributed by atoms with Crippen molar-refractivity contribution in [2.45, 2.75) is 31.5 Å². The number of hydrogen-bond donors (Lipinski definition) is 1. The van der Waals surface area contributed by atoms with Crippen LogP contribution in [-0.4, -0.2) is 41.1 Å². The van der Waals surface area contributed by atoms with Crippen molar-refractivity contribution in [1.29, 1.82) is 0 Å². The third-order valence-electron chi connectivity index (χ3n) is 4.53. The van der Waals surface area contributed by atoms with Gasteiger partial charge in [0.15, 0.2) is 0 Å². The topological polar surface area (TPSA) is 66.8 Å². The number of thiophene rings is 1. The number of carbonyl (C=O) groups excluding carboxylic acids is 2. The van der Waals surface area contributed by atoms with Crippen LogP contribution >= 0.6 is 27.3 Å². The molecule has 1 aliphatic rings. The van der Waals surface area contributed by atoms with E-state index in [9.17, 15) is 14.7 Å². The van der Waals surface area contributed by atoms with Gasteiger partial charge in [0.25, 0.3) is 0 Å². The lowest BCUT2D eigenvalue weighted by atomic mass is 9.81. The fourth-order valence-electron chi connectivity index (χ4n) is 3.07. The molecule has 3 rings (SSSR count). The summed E-state index contributed by atoms with van der Waals surface area (Å²) in [5, 5.41) is 12.1. The lowest BCUT2D eigenvalue weighted by molar-refractivity contribution is -0.142. The van der Waals surface area contributed by atoms with Crippen LogP contribution in [0.15, 0.2) is 46.3 Å². The number of aliphatic hydroxyl groups excluding tert-OH is 1. The van der Waals surface area contributed by atoms with E-state index < -0.39 is 11.5 Å². The minimum atomic E-state index is -0.907. The molecule has 1 saturated heterocycles. The number of likely N-dealkylation sites (tertiary alicyclic amines) is 1. The fourth-order valence-corrected chi connectivity index (χ4v) is 3.97. The van der Waals surface area contributed by atoms with Crippen LogP contribution in [0, 0.1) is 0 Å². The highest BCUT2D eigenvalue weighted by molar-refractivity contribution is 9.10. The lowest BCUT2D eigenvalue weighted by Crippen LogP contribution is -2.42. The Bertz CT molecular complexity index is 777. The summed E-state index contributed by atoms with van der Waals surface area (Å²) in [5.41, 5.74) is -0.0972. The zero-order valence-corrected chi connectivity index (χ0v) is 16.8. The van der Waals surface area contributed by atoms with Gasteiger partial charge in [-0.1, -0.05) is 34.1 Å². The van der Waals surface area contributed by atoms with Crippen molar-refractivity contribution < 1.29 is 19.4 Å². The van der Waals surface area contributed by atoms with Crippen LogP contribution < -0.4 is 0 Å². The number of halogens is 1. The number of β-amino-alcohol motifs (C(OH)–C–C–N with tert-alkyl or cyclic N) is 1. The Morgan fingerprint density at radius 3 is 2.69 bits per heavy atom. The molecule has 1 aliphatic heterocycles. The molecule has 0 bridgehead atoms. The zero-order chi connectivity index (χ0) is 18.7. The molecule has 0 saturated carbocycles. The van der Waals surface area contributed by atoms with Crippen LogP contribution in [0.1, 0.15) is 23.8 Å². The van der Waals surface area contributed by atoms with Crippen molar-refractivity contribution in [3.63, 3.8) is 0 Å². The monoisotopic (exact) mass is 437 g/mol. The minimum Gasteiger partial charge on any atom is -0.389 e. The van der Waals surface area contributed by atoms with E-state index in [1.165, 1.54) is 0 Å². The maximum atomic E-state index is 12.9. The van der Waals surface area contributed by atoms with Crippen LogP contribution in [0.3, 0.4) is 0 Å². The number of hydrogen-bond acceptors (Lipinski definition) is 5.